The van der Waals surface area contributed by atoms with Crippen LogP contribution >= 0.6 is 11.8 Å². The molecule has 0 bridgehead atoms. The van der Waals surface area contributed by atoms with Crippen LogP contribution in [0.5, 0.6) is 0 Å². The largest absolute Gasteiger partial charge is 0.469 e. The number of aromatic nitrogens is 3. The topological polar surface area (TPSA) is 73.0 Å². The number of nitrogens with one attached hydrogen (secondary N) is 1. The van der Waals surface area contributed by atoms with Crippen LogP contribution < -0.4 is 5.32 Å². The molecular formula is C23H22N4O2S. The molecule has 0 aliphatic heterocycles. The number of hydrogen-bond donors (Lipinski definition) is 1. The number of carbonyl (C=O) groups excluding carboxylic acids is 1. The van der Waals surface area contributed by atoms with E-state index in [1.54, 1.807) is 6.26 Å². The van der Waals surface area contributed by atoms with Crippen LogP contribution in [0.1, 0.15) is 16.9 Å². The third kappa shape index (κ3) is 4.31. The number of nitrogens with zero attached hydrogens (tertiary/aromatic N) is 3. The first-order valence-electron chi connectivity index (χ1n) is 9.57. The number of anilines is 1. The lowest BCUT2D eigenvalue weighted by Crippen LogP contribution is -2.14. The standard InChI is InChI=1S/C23H22N4O2S/c1-15-11-16(2)13-18(12-15)24-21(28)14-30-23-26-25-22(20-9-10-29-17(20)3)27(23)19-7-5-4-6-8-19/h4-13H,14H2,1-3H3,(H,24,28). The third-order valence-electron chi connectivity index (χ3n) is 4.59. The average Bonchev–Trinajstić information content (AvgIpc) is 3.31. The monoisotopic (exact) mass is 418 g/mol. The zero-order valence-corrected chi connectivity index (χ0v) is 17.9. The van der Waals surface area contributed by atoms with Gasteiger partial charge in [-0.2, -0.15) is 0 Å². The van der Waals surface area contributed by atoms with Gasteiger partial charge in [-0.15, -0.1) is 10.2 Å². The molecule has 2 aromatic heterocycles. The summed E-state index contributed by atoms with van der Waals surface area (Å²) in [5.41, 5.74) is 4.83. The van der Waals surface area contributed by atoms with Gasteiger partial charge >= 0.3 is 0 Å². The fraction of sp³-hybridized carbons (Fsp3) is 0.174. The van der Waals surface area contributed by atoms with Crippen molar-refractivity contribution in [3.05, 3.63) is 77.7 Å². The molecule has 2 heterocycles. The Morgan fingerprint density at radius 1 is 1.03 bits per heavy atom. The van der Waals surface area contributed by atoms with Crippen molar-refractivity contribution in [3.8, 4) is 17.1 Å². The first kappa shape index (κ1) is 20.0. The van der Waals surface area contributed by atoms with E-state index in [0.717, 1.165) is 33.8 Å². The van der Waals surface area contributed by atoms with Gasteiger partial charge in [-0.05, 0) is 62.2 Å². The molecular weight excluding hydrogens is 396 g/mol. The molecule has 4 rings (SSSR count). The Bertz CT molecular complexity index is 1160. The Hall–Kier alpha value is -3.32. The second-order valence-corrected chi connectivity index (χ2v) is 8.02. The second kappa shape index (κ2) is 8.59. The zero-order chi connectivity index (χ0) is 21.1. The minimum atomic E-state index is -0.0892. The molecule has 1 N–H and O–H groups in total. The molecule has 0 fully saturated rings. The summed E-state index contributed by atoms with van der Waals surface area (Å²) in [6, 6.07) is 17.7. The summed E-state index contributed by atoms with van der Waals surface area (Å²) in [6.07, 6.45) is 1.64. The maximum absolute atomic E-state index is 12.5. The maximum atomic E-state index is 12.5. The summed E-state index contributed by atoms with van der Waals surface area (Å²) in [6.45, 7) is 5.92. The van der Waals surface area contributed by atoms with Crippen molar-refractivity contribution < 1.29 is 9.21 Å². The summed E-state index contributed by atoms with van der Waals surface area (Å²) in [5, 5.41) is 12.3. The average molecular weight is 419 g/mol. The highest BCUT2D eigenvalue weighted by molar-refractivity contribution is 7.99. The van der Waals surface area contributed by atoms with Crippen LogP contribution in [0.15, 0.2) is 70.4 Å². The van der Waals surface area contributed by atoms with E-state index < -0.39 is 0 Å². The Kier molecular flexibility index (Phi) is 5.72. The second-order valence-electron chi connectivity index (χ2n) is 7.08. The van der Waals surface area contributed by atoms with Crippen molar-refractivity contribution in [1.82, 2.24) is 14.8 Å². The number of aryl methyl sites for hydroxylation is 3. The molecule has 0 unspecified atom stereocenters. The molecule has 0 radical (unpaired) electrons. The summed E-state index contributed by atoms with van der Waals surface area (Å²) in [5.74, 6) is 1.59. The number of hydrogen-bond acceptors (Lipinski definition) is 5. The molecule has 0 saturated carbocycles. The van der Waals surface area contributed by atoms with Crippen molar-refractivity contribution in [2.45, 2.75) is 25.9 Å². The van der Waals surface area contributed by atoms with E-state index in [0.29, 0.717) is 11.0 Å². The summed E-state index contributed by atoms with van der Waals surface area (Å²) >= 11 is 1.35. The highest BCUT2D eigenvalue weighted by Gasteiger charge is 2.19. The molecule has 0 atom stereocenters. The molecule has 0 spiro atoms. The van der Waals surface area contributed by atoms with Crippen LogP contribution in [-0.4, -0.2) is 26.4 Å². The SMILES string of the molecule is Cc1cc(C)cc(NC(=O)CSc2nnc(-c3ccoc3C)n2-c2ccccc2)c1. The highest BCUT2D eigenvalue weighted by atomic mass is 32.2. The van der Waals surface area contributed by atoms with Crippen LogP contribution in [0.4, 0.5) is 5.69 Å². The van der Waals surface area contributed by atoms with Gasteiger partial charge in [0.2, 0.25) is 5.91 Å². The number of furan rings is 1. The van der Waals surface area contributed by atoms with Gasteiger partial charge in [-0.25, -0.2) is 0 Å². The van der Waals surface area contributed by atoms with Crippen LogP contribution in [0.3, 0.4) is 0 Å². The predicted molar refractivity (Wildman–Crippen MR) is 119 cm³/mol. The summed E-state index contributed by atoms with van der Waals surface area (Å²) in [7, 11) is 0. The molecule has 2 aromatic carbocycles. The smallest absolute Gasteiger partial charge is 0.234 e. The number of carbonyl (C=O) groups is 1. The predicted octanol–water partition coefficient (Wildman–Crippen LogP) is 5.18. The van der Waals surface area contributed by atoms with Crippen LogP contribution in [0.25, 0.3) is 17.1 Å². The van der Waals surface area contributed by atoms with Crippen molar-refractivity contribution in [1.29, 1.82) is 0 Å². The van der Waals surface area contributed by atoms with Crippen LogP contribution in [0, 0.1) is 20.8 Å². The molecule has 4 aromatic rings. The van der Waals surface area contributed by atoms with Crippen LogP contribution in [-0.2, 0) is 4.79 Å². The van der Waals surface area contributed by atoms with E-state index in [2.05, 4.69) is 21.6 Å². The van der Waals surface area contributed by atoms with E-state index in [1.165, 1.54) is 11.8 Å². The van der Waals surface area contributed by atoms with E-state index in [-0.39, 0.29) is 11.7 Å². The Morgan fingerprint density at radius 2 is 1.77 bits per heavy atom. The molecule has 152 valence electrons. The van der Waals surface area contributed by atoms with Gasteiger partial charge in [0.25, 0.3) is 0 Å². The van der Waals surface area contributed by atoms with Gasteiger partial charge < -0.3 is 9.73 Å². The molecule has 0 aliphatic carbocycles. The minimum absolute atomic E-state index is 0.0892. The van der Waals surface area contributed by atoms with Gasteiger partial charge in [0.15, 0.2) is 11.0 Å². The fourth-order valence-corrected chi connectivity index (χ4v) is 4.09. The first-order chi connectivity index (χ1) is 14.5. The van der Waals surface area contributed by atoms with Gasteiger partial charge in [-0.3, -0.25) is 9.36 Å². The van der Waals surface area contributed by atoms with Gasteiger partial charge in [0, 0.05) is 11.4 Å². The first-order valence-corrected chi connectivity index (χ1v) is 10.6. The lowest BCUT2D eigenvalue weighted by molar-refractivity contribution is -0.113. The lowest BCUT2D eigenvalue weighted by Gasteiger charge is -2.10. The highest BCUT2D eigenvalue weighted by Crippen LogP contribution is 2.30. The fourth-order valence-electron chi connectivity index (χ4n) is 3.34. The van der Waals surface area contributed by atoms with Crippen molar-refractivity contribution in [2.75, 3.05) is 11.1 Å². The lowest BCUT2D eigenvalue weighted by atomic mass is 10.1. The summed E-state index contributed by atoms with van der Waals surface area (Å²) < 4.78 is 7.40. The van der Waals surface area contributed by atoms with E-state index >= 15 is 0 Å². The van der Waals surface area contributed by atoms with Crippen LogP contribution in [0.2, 0.25) is 0 Å². The maximum Gasteiger partial charge on any atom is 0.234 e. The van der Waals surface area contributed by atoms with Gasteiger partial charge in [0.05, 0.1) is 17.6 Å². The normalized spacial score (nSPS) is 10.9. The molecule has 1 amide bonds. The number of rotatable bonds is 6. The van der Waals surface area contributed by atoms with Gasteiger partial charge in [-0.1, -0.05) is 36.0 Å². The molecule has 30 heavy (non-hydrogen) atoms. The quantitative estimate of drug-likeness (QED) is 0.437. The summed E-state index contributed by atoms with van der Waals surface area (Å²) in [4.78, 5) is 12.5. The Labute approximate surface area is 179 Å². The number of benzene rings is 2. The van der Waals surface area contributed by atoms with E-state index in [4.69, 9.17) is 4.42 Å². The van der Waals surface area contributed by atoms with Crippen molar-refractivity contribution >= 4 is 23.4 Å². The molecule has 0 aliphatic rings. The third-order valence-corrected chi connectivity index (χ3v) is 5.51. The van der Waals surface area contributed by atoms with Crippen molar-refractivity contribution in [2.24, 2.45) is 0 Å². The molecule has 7 heteroatoms. The number of amides is 1. The molecule has 6 nitrogen and oxygen atoms in total. The van der Waals surface area contributed by atoms with Crippen molar-refractivity contribution in [3.63, 3.8) is 0 Å². The zero-order valence-electron chi connectivity index (χ0n) is 17.0. The minimum Gasteiger partial charge on any atom is -0.469 e. The molecule has 0 saturated heterocycles. The van der Waals surface area contributed by atoms with E-state index in [1.807, 2.05) is 73.9 Å². The Balaban J connectivity index is 1.58. The Morgan fingerprint density at radius 3 is 2.43 bits per heavy atom. The van der Waals surface area contributed by atoms with E-state index in [9.17, 15) is 4.79 Å². The number of thioether (sulfide) groups is 1. The van der Waals surface area contributed by atoms with Gasteiger partial charge in [0.1, 0.15) is 5.76 Å². The number of para-hydroxylation sites is 1.